The maximum absolute atomic E-state index is 11.4. The van der Waals surface area contributed by atoms with E-state index in [1.54, 1.807) is 13.1 Å². The number of carbonyl (C=O) groups excluding carboxylic acids is 1. The summed E-state index contributed by atoms with van der Waals surface area (Å²) in [4.78, 5) is 20.8. The molecule has 1 aliphatic rings. The number of benzene rings is 1. The van der Waals surface area contributed by atoms with Crippen molar-refractivity contribution in [1.29, 1.82) is 0 Å². The number of aromatic nitrogens is 1. The number of rotatable bonds is 4. The summed E-state index contributed by atoms with van der Waals surface area (Å²) in [5.41, 5.74) is 2.26. The predicted octanol–water partition coefficient (Wildman–Crippen LogP) is 3.08. The Balaban J connectivity index is 1.67. The SMILES string of the molecule is CC(=O)N1CCN(c2ccccc2NCc2cnc(Cl)s2)CC1. The third-order valence-corrected chi connectivity index (χ3v) is 5.06. The molecule has 7 heteroatoms. The van der Waals surface area contributed by atoms with Crippen LogP contribution in [0.15, 0.2) is 30.5 Å². The molecule has 0 saturated carbocycles. The fraction of sp³-hybridized carbons (Fsp3) is 0.375. The lowest BCUT2D eigenvalue weighted by molar-refractivity contribution is -0.129. The van der Waals surface area contributed by atoms with Crippen LogP contribution in [0.3, 0.4) is 0 Å². The molecule has 0 atom stereocenters. The van der Waals surface area contributed by atoms with Crippen LogP contribution in [0.4, 0.5) is 11.4 Å². The number of halogens is 1. The van der Waals surface area contributed by atoms with Crippen molar-refractivity contribution in [3.63, 3.8) is 0 Å². The van der Waals surface area contributed by atoms with Gasteiger partial charge in [-0.2, -0.15) is 0 Å². The maximum atomic E-state index is 11.4. The molecule has 1 amide bonds. The van der Waals surface area contributed by atoms with Crippen molar-refractivity contribution in [3.8, 4) is 0 Å². The molecule has 122 valence electrons. The Bertz CT molecular complexity index is 682. The van der Waals surface area contributed by atoms with E-state index in [2.05, 4.69) is 27.3 Å². The van der Waals surface area contributed by atoms with Crippen molar-refractivity contribution in [3.05, 3.63) is 39.8 Å². The van der Waals surface area contributed by atoms with E-state index in [1.807, 2.05) is 17.0 Å². The topological polar surface area (TPSA) is 48.5 Å². The molecule has 0 aliphatic carbocycles. The van der Waals surface area contributed by atoms with E-state index in [9.17, 15) is 4.79 Å². The number of para-hydroxylation sites is 2. The first-order valence-corrected chi connectivity index (χ1v) is 8.76. The molecule has 1 saturated heterocycles. The maximum Gasteiger partial charge on any atom is 0.219 e. The van der Waals surface area contributed by atoms with Gasteiger partial charge >= 0.3 is 0 Å². The Hall–Kier alpha value is -1.79. The lowest BCUT2D eigenvalue weighted by Gasteiger charge is -2.36. The Morgan fingerprint density at radius 2 is 2.04 bits per heavy atom. The van der Waals surface area contributed by atoms with Crippen molar-refractivity contribution in [2.75, 3.05) is 36.4 Å². The second-order valence-electron chi connectivity index (χ2n) is 5.44. The molecule has 0 unspecified atom stereocenters. The van der Waals surface area contributed by atoms with E-state index >= 15 is 0 Å². The number of carbonyl (C=O) groups is 1. The Labute approximate surface area is 144 Å². The van der Waals surface area contributed by atoms with Crippen LogP contribution < -0.4 is 10.2 Å². The van der Waals surface area contributed by atoms with E-state index in [0.717, 1.165) is 36.7 Å². The standard InChI is InChI=1S/C16H19ClN4OS/c1-12(22)20-6-8-21(9-7-20)15-5-3-2-4-14(15)18-10-13-11-19-16(17)23-13/h2-5,11,18H,6-10H2,1H3. The zero-order valence-corrected chi connectivity index (χ0v) is 14.5. The first kappa shape index (κ1) is 16.1. The summed E-state index contributed by atoms with van der Waals surface area (Å²) in [6.07, 6.45) is 1.80. The van der Waals surface area contributed by atoms with Crippen LogP contribution >= 0.6 is 22.9 Å². The third kappa shape index (κ3) is 3.95. The second kappa shape index (κ2) is 7.19. The summed E-state index contributed by atoms with van der Waals surface area (Å²) in [7, 11) is 0. The Kier molecular flexibility index (Phi) is 5.03. The highest BCUT2D eigenvalue weighted by atomic mass is 35.5. The first-order valence-electron chi connectivity index (χ1n) is 7.57. The highest BCUT2D eigenvalue weighted by molar-refractivity contribution is 7.15. The summed E-state index contributed by atoms with van der Waals surface area (Å²) in [5, 5.41) is 3.46. The molecular weight excluding hydrogens is 332 g/mol. The monoisotopic (exact) mass is 350 g/mol. The van der Waals surface area contributed by atoms with Crippen molar-refractivity contribution in [2.45, 2.75) is 13.5 Å². The van der Waals surface area contributed by atoms with Gasteiger partial charge in [-0.3, -0.25) is 4.79 Å². The average Bonchev–Trinajstić information content (AvgIpc) is 2.99. The Morgan fingerprint density at radius 3 is 2.70 bits per heavy atom. The predicted molar refractivity (Wildman–Crippen MR) is 95.4 cm³/mol. The lowest BCUT2D eigenvalue weighted by Crippen LogP contribution is -2.48. The summed E-state index contributed by atoms with van der Waals surface area (Å²) < 4.78 is 0.565. The van der Waals surface area contributed by atoms with E-state index in [-0.39, 0.29) is 5.91 Å². The second-order valence-corrected chi connectivity index (χ2v) is 7.14. The molecule has 0 bridgehead atoms. The highest BCUT2D eigenvalue weighted by Crippen LogP contribution is 2.28. The normalized spacial score (nSPS) is 14.9. The van der Waals surface area contributed by atoms with Gasteiger partial charge in [0.25, 0.3) is 0 Å². The van der Waals surface area contributed by atoms with Gasteiger partial charge in [-0.1, -0.05) is 23.7 Å². The van der Waals surface area contributed by atoms with Gasteiger partial charge in [0, 0.05) is 44.2 Å². The molecule has 2 heterocycles. The molecular formula is C16H19ClN4OS. The van der Waals surface area contributed by atoms with Gasteiger partial charge in [0.05, 0.1) is 17.9 Å². The van der Waals surface area contributed by atoms with Crippen LogP contribution in [-0.4, -0.2) is 42.0 Å². The number of anilines is 2. The minimum Gasteiger partial charge on any atom is -0.378 e. The molecule has 5 nitrogen and oxygen atoms in total. The molecule has 23 heavy (non-hydrogen) atoms. The summed E-state index contributed by atoms with van der Waals surface area (Å²) in [5.74, 6) is 0.151. The van der Waals surface area contributed by atoms with Gasteiger partial charge in [-0.15, -0.1) is 11.3 Å². The molecule has 3 rings (SSSR count). The molecule has 1 aliphatic heterocycles. The van der Waals surface area contributed by atoms with E-state index < -0.39 is 0 Å². The van der Waals surface area contributed by atoms with Gasteiger partial charge in [0.2, 0.25) is 5.91 Å². The number of nitrogens with zero attached hydrogens (tertiary/aromatic N) is 3. The average molecular weight is 351 g/mol. The molecule has 2 aromatic rings. The number of piperazine rings is 1. The van der Waals surface area contributed by atoms with Crippen LogP contribution in [0.25, 0.3) is 0 Å². The molecule has 0 radical (unpaired) electrons. The van der Waals surface area contributed by atoms with Crippen LogP contribution in [0.5, 0.6) is 0 Å². The zero-order valence-electron chi connectivity index (χ0n) is 13.0. The van der Waals surface area contributed by atoms with E-state index in [0.29, 0.717) is 11.0 Å². The number of hydrogen-bond donors (Lipinski definition) is 1. The van der Waals surface area contributed by atoms with E-state index in [4.69, 9.17) is 11.6 Å². The Morgan fingerprint density at radius 1 is 1.30 bits per heavy atom. The van der Waals surface area contributed by atoms with E-state index in [1.165, 1.54) is 17.0 Å². The van der Waals surface area contributed by atoms with Gasteiger partial charge in [-0.25, -0.2) is 4.98 Å². The molecule has 1 aromatic heterocycles. The quantitative estimate of drug-likeness (QED) is 0.920. The molecule has 1 N–H and O–H groups in total. The van der Waals surface area contributed by atoms with Crippen LogP contribution in [0.1, 0.15) is 11.8 Å². The number of nitrogens with one attached hydrogen (secondary N) is 1. The van der Waals surface area contributed by atoms with Crippen molar-refractivity contribution < 1.29 is 4.79 Å². The number of amides is 1. The fourth-order valence-corrected chi connectivity index (χ4v) is 3.63. The fourth-order valence-electron chi connectivity index (χ4n) is 2.71. The van der Waals surface area contributed by atoms with Crippen molar-refractivity contribution in [1.82, 2.24) is 9.88 Å². The van der Waals surface area contributed by atoms with Crippen LogP contribution in [0, 0.1) is 0 Å². The minimum absolute atomic E-state index is 0.151. The molecule has 1 fully saturated rings. The van der Waals surface area contributed by atoms with Crippen molar-refractivity contribution >= 4 is 40.2 Å². The van der Waals surface area contributed by atoms with Gasteiger partial charge in [0.15, 0.2) is 4.47 Å². The third-order valence-electron chi connectivity index (χ3n) is 3.95. The zero-order chi connectivity index (χ0) is 16.2. The van der Waals surface area contributed by atoms with Crippen molar-refractivity contribution in [2.24, 2.45) is 0 Å². The van der Waals surface area contributed by atoms with Crippen LogP contribution in [0.2, 0.25) is 4.47 Å². The van der Waals surface area contributed by atoms with Gasteiger partial charge in [0.1, 0.15) is 0 Å². The van der Waals surface area contributed by atoms with Gasteiger partial charge in [-0.05, 0) is 12.1 Å². The van der Waals surface area contributed by atoms with Crippen LogP contribution in [-0.2, 0) is 11.3 Å². The smallest absolute Gasteiger partial charge is 0.219 e. The summed E-state index contributed by atoms with van der Waals surface area (Å²) in [6.45, 7) is 5.58. The molecule has 1 aromatic carbocycles. The number of thiazole rings is 1. The summed E-state index contributed by atoms with van der Waals surface area (Å²) >= 11 is 7.36. The number of hydrogen-bond acceptors (Lipinski definition) is 5. The molecule has 0 spiro atoms. The van der Waals surface area contributed by atoms with Gasteiger partial charge < -0.3 is 15.1 Å². The lowest BCUT2D eigenvalue weighted by atomic mass is 10.2. The first-order chi connectivity index (χ1) is 11.1. The highest BCUT2D eigenvalue weighted by Gasteiger charge is 2.20. The largest absolute Gasteiger partial charge is 0.378 e. The minimum atomic E-state index is 0.151. The summed E-state index contributed by atoms with van der Waals surface area (Å²) in [6, 6.07) is 8.26.